The highest BCUT2D eigenvalue weighted by Crippen LogP contribution is 2.26. The quantitative estimate of drug-likeness (QED) is 0.800. The van der Waals surface area contributed by atoms with E-state index in [9.17, 15) is 4.79 Å². The van der Waals surface area contributed by atoms with Crippen LogP contribution >= 0.6 is 0 Å². The van der Waals surface area contributed by atoms with Gasteiger partial charge in [0, 0.05) is 37.6 Å². The van der Waals surface area contributed by atoms with Gasteiger partial charge in [0.15, 0.2) is 0 Å². The molecule has 2 aliphatic rings. The molecule has 4 heteroatoms. The second-order valence-electron chi connectivity index (χ2n) is 5.94. The van der Waals surface area contributed by atoms with Crippen LogP contribution in [0.1, 0.15) is 39.0 Å². The van der Waals surface area contributed by atoms with E-state index in [-0.39, 0.29) is 5.92 Å². The molecule has 1 unspecified atom stereocenters. The first kappa shape index (κ1) is 13.8. The van der Waals surface area contributed by atoms with Gasteiger partial charge in [-0.15, -0.1) is 0 Å². The Bertz CT molecular complexity index is 287. The normalized spacial score (nSPS) is 34.6. The van der Waals surface area contributed by atoms with Gasteiger partial charge in [0.2, 0.25) is 5.91 Å². The lowest BCUT2D eigenvalue weighted by Crippen LogP contribution is -2.54. The summed E-state index contributed by atoms with van der Waals surface area (Å²) in [5, 5.41) is 0. The van der Waals surface area contributed by atoms with Gasteiger partial charge < -0.3 is 10.6 Å². The van der Waals surface area contributed by atoms with Gasteiger partial charge in [-0.3, -0.25) is 9.69 Å². The first-order valence-corrected chi connectivity index (χ1v) is 7.36. The number of hydrogen-bond acceptors (Lipinski definition) is 3. The van der Waals surface area contributed by atoms with E-state index < -0.39 is 0 Å². The van der Waals surface area contributed by atoms with Gasteiger partial charge in [-0.1, -0.05) is 6.92 Å². The zero-order chi connectivity index (χ0) is 13.1. The number of hydrogen-bond donors (Lipinski definition) is 1. The molecule has 1 saturated carbocycles. The summed E-state index contributed by atoms with van der Waals surface area (Å²) in [7, 11) is 2.16. The Labute approximate surface area is 110 Å². The highest BCUT2D eigenvalue weighted by molar-refractivity contribution is 5.79. The Kier molecular flexibility index (Phi) is 4.62. The SMILES string of the molecule is CCC1CN(C(=O)C2CCC(N)CC2)CCN1C. The van der Waals surface area contributed by atoms with Crippen molar-refractivity contribution in [3.8, 4) is 0 Å². The molecule has 18 heavy (non-hydrogen) atoms. The fourth-order valence-electron chi connectivity index (χ4n) is 3.21. The van der Waals surface area contributed by atoms with Crippen molar-refractivity contribution in [2.45, 2.75) is 51.1 Å². The maximum atomic E-state index is 12.5. The van der Waals surface area contributed by atoms with Gasteiger partial charge in [-0.25, -0.2) is 0 Å². The monoisotopic (exact) mass is 253 g/mol. The maximum Gasteiger partial charge on any atom is 0.225 e. The number of carbonyl (C=O) groups excluding carboxylic acids is 1. The number of rotatable bonds is 2. The molecule has 1 aliphatic carbocycles. The van der Waals surface area contributed by atoms with Crippen molar-refractivity contribution in [3.05, 3.63) is 0 Å². The van der Waals surface area contributed by atoms with Crippen LogP contribution in [-0.2, 0) is 4.79 Å². The molecule has 0 aromatic heterocycles. The third-order valence-electron chi connectivity index (χ3n) is 4.68. The molecular weight excluding hydrogens is 226 g/mol. The minimum Gasteiger partial charge on any atom is -0.340 e. The number of carbonyl (C=O) groups is 1. The van der Waals surface area contributed by atoms with Crippen molar-refractivity contribution in [2.24, 2.45) is 11.7 Å². The second-order valence-corrected chi connectivity index (χ2v) is 5.94. The van der Waals surface area contributed by atoms with Crippen LogP contribution < -0.4 is 5.73 Å². The Balaban J connectivity index is 1.89. The lowest BCUT2D eigenvalue weighted by Gasteiger charge is -2.41. The Morgan fingerprint density at radius 3 is 2.50 bits per heavy atom. The molecule has 0 spiro atoms. The van der Waals surface area contributed by atoms with E-state index in [1.165, 1.54) is 0 Å². The third-order valence-corrected chi connectivity index (χ3v) is 4.68. The van der Waals surface area contributed by atoms with Crippen LogP contribution in [0.3, 0.4) is 0 Å². The second kappa shape index (κ2) is 6.02. The number of piperazine rings is 1. The van der Waals surface area contributed by atoms with Crippen molar-refractivity contribution < 1.29 is 4.79 Å². The molecule has 1 heterocycles. The van der Waals surface area contributed by atoms with E-state index in [0.29, 0.717) is 18.0 Å². The van der Waals surface area contributed by atoms with Crippen molar-refractivity contribution in [3.63, 3.8) is 0 Å². The molecule has 0 radical (unpaired) electrons. The van der Waals surface area contributed by atoms with Gasteiger partial charge in [0.05, 0.1) is 0 Å². The molecule has 0 aromatic carbocycles. The number of amides is 1. The zero-order valence-corrected chi connectivity index (χ0v) is 11.8. The van der Waals surface area contributed by atoms with Crippen molar-refractivity contribution in [1.29, 1.82) is 0 Å². The number of nitrogens with zero attached hydrogens (tertiary/aromatic N) is 2. The molecule has 2 rings (SSSR count). The molecule has 2 N–H and O–H groups in total. The van der Waals surface area contributed by atoms with E-state index in [4.69, 9.17) is 5.73 Å². The number of nitrogens with two attached hydrogens (primary N) is 1. The largest absolute Gasteiger partial charge is 0.340 e. The highest BCUT2D eigenvalue weighted by atomic mass is 16.2. The molecular formula is C14H27N3O. The minimum atomic E-state index is 0.241. The third kappa shape index (κ3) is 3.04. The predicted octanol–water partition coefficient (Wildman–Crippen LogP) is 1.06. The zero-order valence-electron chi connectivity index (χ0n) is 11.8. The molecule has 2 fully saturated rings. The molecule has 1 aliphatic heterocycles. The molecule has 4 nitrogen and oxygen atoms in total. The first-order valence-electron chi connectivity index (χ1n) is 7.36. The molecule has 0 aromatic rings. The summed E-state index contributed by atoms with van der Waals surface area (Å²) < 4.78 is 0. The van der Waals surface area contributed by atoms with Crippen LogP contribution in [0.15, 0.2) is 0 Å². The average molecular weight is 253 g/mol. The van der Waals surface area contributed by atoms with Gasteiger partial charge >= 0.3 is 0 Å². The molecule has 0 bridgehead atoms. The maximum absolute atomic E-state index is 12.5. The number of likely N-dealkylation sites (N-methyl/N-ethyl adjacent to an activating group) is 1. The lowest BCUT2D eigenvalue weighted by molar-refractivity contribution is -0.139. The van der Waals surface area contributed by atoms with Crippen molar-refractivity contribution in [2.75, 3.05) is 26.7 Å². The lowest BCUT2D eigenvalue weighted by atomic mass is 9.85. The van der Waals surface area contributed by atoms with Crippen molar-refractivity contribution in [1.82, 2.24) is 9.80 Å². The topological polar surface area (TPSA) is 49.6 Å². The van der Waals surface area contributed by atoms with Crippen LogP contribution in [-0.4, -0.2) is 54.5 Å². The van der Waals surface area contributed by atoms with E-state index in [2.05, 4.69) is 23.8 Å². The fourth-order valence-corrected chi connectivity index (χ4v) is 3.21. The Hall–Kier alpha value is -0.610. The standard InChI is InChI=1S/C14H27N3O/c1-3-13-10-17(9-8-16(13)2)14(18)11-4-6-12(15)7-5-11/h11-13H,3-10,15H2,1-2H3. The summed E-state index contributed by atoms with van der Waals surface area (Å²) in [6.07, 6.45) is 5.13. The fraction of sp³-hybridized carbons (Fsp3) is 0.929. The Morgan fingerprint density at radius 2 is 1.89 bits per heavy atom. The smallest absolute Gasteiger partial charge is 0.225 e. The summed E-state index contributed by atoms with van der Waals surface area (Å²) in [5.74, 6) is 0.624. The predicted molar refractivity (Wildman–Crippen MR) is 73.2 cm³/mol. The summed E-state index contributed by atoms with van der Waals surface area (Å²) in [5.41, 5.74) is 5.91. The molecule has 1 saturated heterocycles. The van der Waals surface area contributed by atoms with Gasteiger partial charge in [-0.2, -0.15) is 0 Å². The first-order chi connectivity index (χ1) is 8.61. The summed E-state index contributed by atoms with van der Waals surface area (Å²) in [4.78, 5) is 17.0. The van der Waals surface area contributed by atoms with E-state index in [1.54, 1.807) is 0 Å². The average Bonchev–Trinajstić information content (AvgIpc) is 2.39. The minimum absolute atomic E-state index is 0.241. The summed E-state index contributed by atoms with van der Waals surface area (Å²) in [6.45, 7) is 5.02. The molecule has 104 valence electrons. The Morgan fingerprint density at radius 1 is 1.22 bits per heavy atom. The van der Waals surface area contributed by atoms with Crippen LogP contribution in [0.25, 0.3) is 0 Å². The van der Waals surface area contributed by atoms with Gasteiger partial charge in [0.1, 0.15) is 0 Å². The van der Waals surface area contributed by atoms with Crippen LogP contribution in [0.2, 0.25) is 0 Å². The van der Waals surface area contributed by atoms with Crippen LogP contribution in [0.4, 0.5) is 0 Å². The molecule has 1 amide bonds. The van der Waals surface area contributed by atoms with Gasteiger partial charge in [0.25, 0.3) is 0 Å². The van der Waals surface area contributed by atoms with Crippen molar-refractivity contribution >= 4 is 5.91 Å². The van der Waals surface area contributed by atoms with Crippen LogP contribution in [0, 0.1) is 5.92 Å². The highest BCUT2D eigenvalue weighted by Gasteiger charge is 2.32. The van der Waals surface area contributed by atoms with Crippen LogP contribution in [0.5, 0.6) is 0 Å². The summed E-state index contributed by atoms with van der Waals surface area (Å²) in [6, 6.07) is 0.860. The molecule has 1 atom stereocenters. The van der Waals surface area contributed by atoms with E-state index >= 15 is 0 Å². The van der Waals surface area contributed by atoms with E-state index in [1.807, 2.05) is 0 Å². The summed E-state index contributed by atoms with van der Waals surface area (Å²) >= 11 is 0. The van der Waals surface area contributed by atoms with E-state index in [0.717, 1.165) is 51.7 Å². The van der Waals surface area contributed by atoms with Gasteiger partial charge in [-0.05, 0) is 39.2 Å².